The zero-order valence-electron chi connectivity index (χ0n) is 18.7. The molecule has 2 saturated heterocycles. The van der Waals surface area contributed by atoms with E-state index in [1.54, 1.807) is 29.2 Å². The van der Waals surface area contributed by atoms with E-state index in [9.17, 15) is 14.0 Å². The number of rotatable bonds is 8. The summed E-state index contributed by atoms with van der Waals surface area (Å²) in [5.41, 5.74) is 0.652. The molecule has 4 rings (SSSR count). The number of para-hydroxylation sites is 1. The van der Waals surface area contributed by atoms with Crippen LogP contribution in [0.5, 0.6) is 11.5 Å². The molecular weight excluding hydrogens is 515 g/mol. The summed E-state index contributed by atoms with van der Waals surface area (Å²) in [6, 6.07) is 9.05. The number of carbonyl (C=O) groups is 2. The molecule has 0 aromatic heterocycles. The summed E-state index contributed by atoms with van der Waals surface area (Å²) in [4.78, 5) is 27.1. The molecule has 0 bridgehead atoms. The van der Waals surface area contributed by atoms with Gasteiger partial charge in [0.2, 0.25) is 0 Å². The topological polar surface area (TPSA) is 77.1 Å². The van der Waals surface area contributed by atoms with Crippen LogP contribution < -0.4 is 14.8 Å². The largest absolute Gasteiger partial charge is 0.493 e. The molecule has 7 nitrogen and oxygen atoms in total. The van der Waals surface area contributed by atoms with Crippen LogP contribution in [0.15, 0.2) is 41.3 Å². The number of nitrogens with zero attached hydrogens (tertiary/aromatic N) is 1. The standard InChI is InChI=1S/C24H22ClFN2O5S2/c1-31-19-10-14(11-20-23(30)28(24(34)35-20)12-15-5-4-8-32-15)9-16(25)22(19)33-13-21(29)27-18-7-3-2-6-17(18)26/h2-3,6-7,9-11,15H,4-5,8,12-13H2,1H3,(H,27,29)/b20-11-/t15-/m1/s1. The Hall–Kier alpha value is -2.66. The number of nitrogens with one attached hydrogen (secondary N) is 1. The van der Waals surface area contributed by atoms with Crippen LogP contribution in [0, 0.1) is 5.82 Å². The maximum atomic E-state index is 13.7. The number of ether oxygens (including phenoxy) is 3. The van der Waals surface area contributed by atoms with Gasteiger partial charge in [0.1, 0.15) is 10.1 Å². The molecule has 0 saturated carbocycles. The van der Waals surface area contributed by atoms with Crippen LogP contribution >= 0.6 is 35.6 Å². The van der Waals surface area contributed by atoms with Crippen LogP contribution in [0.2, 0.25) is 5.02 Å². The van der Waals surface area contributed by atoms with Gasteiger partial charge >= 0.3 is 0 Å². The predicted molar refractivity (Wildman–Crippen MR) is 137 cm³/mol. The molecule has 1 N–H and O–H groups in total. The number of anilines is 1. The van der Waals surface area contributed by atoms with Gasteiger partial charge < -0.3 is 19.5 Å². The number of thioether (sulfide) groups is 1. The van der Waals surface area contributed by atoms with Gasteiger partial charge in [0.05, 0.1) is 35.4 Å². The van der Waals surface area contributed by atoms with Gasteiger partial charge in [-0.25, -0.2) is 4.39 Å². The minimum absolute atomic E-state index is 0.00148. The Morgan fingerprint density at radius 3 is 2.91 bits per heavy atom. The van der Waals surface area contributed by atoms with Gasteiger partial charge in [0.25, 0.3) is 11.8 Å². The van der Waals surface area contributed by atoms with Crippen LogP contribution in [-0.4, -0.2) is 54.0 Å². The Balaban J connectivity index is 1.45. The van der Waals surface area contributed by atoms with Gasteiger partial charge in [-0.3, -0.25) is 14.5 Å². The zero-order valence-corrected chi connectivity index (χ0v) is 21.1. The quantitative estimate of drug-likeness (QED) is 0.380. The first-order chi connectivity index (χ1) is 16.9. The number of carbonyl (C=O) groups excluding carboxylic acids is 2. The highest BCUT2D eigenvalue weighted by Crippen LogP contribution is 2.39. The first-order valence-corrected chi connectivity index (χ1v) is 12.4. The highest BCUT2D eigenvalue weighted by atomic mass is 35.5. The van der Waals surface area contributed by atoms with Crippen LogP contribution in [0.3, 0.4) is 0 Å². The smallest absolute Gasteiger partial charge is 0.266 e. The fraction of sp³-hybridized carbons (Fsp3) is 0.292. The lowest BCUT2D eigenvalue weighted by Gasteiger charge is -2.18. The van der Waals surface area contributed by atoms with Gasteiger partial charge in [-0.05, 0) is 48.7 Å². The number of thiocarbonyl (C=S) groups is 1. The Kier molecular flexibility index (Phi) is 8.27. The van der Waals surface area contributed by atoms with E-state index in [-0.39, 0.29) is 34.2 Å². The molecule has 35 heavy (non-hydrogen) atoms. The van der Waals surface area contributed by atoms with Crippen molar-refractivity contribution in [2.45, 2.75) is 18.9 Å². The van der Waals surface area contributed by atoms with Gasteiger partial charge in [-0.2, -0.15) is 0 Å². The van der Waals surface area contributed by atoms with Crippen molar-refractivity contribution in [1.82, 2.24) is 4.90 Å². The predicted octanol–water partition coefficient (Wildman–Crippen LogP) is 4.89. The maximum Gasteiger partial charge on any atom is 0.266 e. The average molecular weight is 537 g/mol. The molecule has 2 aromatic rings. The Bertz CT molecular complexity index is 1190. The third-order valence-electron chi connectivity index (χ3n) is 5.33. The molecule has 2 fully saturated rings. The van der Waals surface area contributed by atoms with Crippen LogP contribution in [0.4, 0.5) is 10.1 Å². The summed E-state index contributed by atoms with van der Waals surface area (Å²) in [5.74, 6) is -0.872. The van der Waals surface area contributed by atoms with E-state index in [4.69, 9.17) is 38.0 Å². The van der Waals surface area contributed by atoms with E-state index in [0.29, 0.717) is 27.9 Å². The summed E-state index contributed by atoms with van der Waals surface area (Å²) in [6.07, 6.45) is 3.56. The normalized spacial score (nSPS) is 18.9. The van der Waals surface area contributed by atoms with E-state index in [0.717, 1.165) is 12.8 Å². The lowest BCUT2D eigenvalue weighted by Crippen LogP contribution is -2.35. The van der Waals surface area contributed by atoms with Gasteiger partial charge in [-0.1, -0.05) is 47.7 Å². The first kappa shape index (κ1) is 25.4. The molecule has 2 amide bonds. The zero-order chi connectivity index (χ0) is 24.9. The second kappa shape index (κ2) is 11.4. The van der Waals surface area contributed by atoms with Crippen molar-refractivity contribution < 1.29 is 28.2 Å². The van der Waals surface area contributed by atoms with E-state index >= 15 is 0 Å². The van der Waals surface area contributed by atoms with Crippen LogP contribution in [0.1, 0.15) is 18.4 Å². The van der Waals surface area contributed by atoms with Gasteiger partial charge in [0.15, 0.2) is 18.1 Å². The number of hydrogen-bond donors (Lipinski definition) is 1. The second-order valence-corrected chi connectivity index (χ2v) is 9.86. The SMILES string of the molecule is COc1cc(/C=C2\SC(=S)N(C[C@H]3CCCO3)C2=O)cc(Cl)c1OCC(=O)Nc1ccccc1F. The molecule has 2 aliphatic rings. The summed E-state index contributed by atoms with van der Waals surface area (Å²) in [5, 5.41) is 2.62. The van der Waals surface area contributed by atoms with Crippen molar-refractivity contribution in [2.75, 3.05) is 32.2 Å². The highest BCUT2D eigenvalue weighted by molar-refractivity contribution is 8.26. The van der Waals surface area contributed by atoms with E-state index < -0.39 is 18.3 Å². The molecule has 2 aliphatic heterocycles. The van der Waals surface area contributed by atoms with Crippen molar-refractivity contribution in [1.29, 1.82) is 0 Å². The van der Waals surface area contributed by atoms with Gasteiger partial charge in [-0.15, -0.1) is 0 Å². The Morgan fingerprint density at radius 1 is 1.40 bits per heavy atom. The summed E-state index contributed by atoms with van der Waals surface area (Å²) in [6.45, 7) is 0.728. The number of benzene rings is 2. The number of methoxy groups -OCH3 is 1. The van der Waals surface area contributed by atoms with Crippen molar-refractivity contribution in [3.63, 3.8) is 0 Å². The van der Waals surface area contributed by atoms with Crippen LogP contribution in [-0.2, 0) is 14.3 Å². The Morgan fingerprint density at radius 2 is 2.20 bits per heavy atom. The molecule has 1 atom stereocenters. The third-order valence-corrected chi connectivity index (χ3v) is 6.99. The number of halogens is 2. The van der Waals surface area contributed by atoms with Crippen molar-refractivity contribution in [2.24, 2.45) is 0 Å². The minimum Gasteiger partial charge on any atom is -0.493 e. The monoisotopic (exact) mass is 536 g/mol. The molecule has 0 aliphatic carbocycles. The van der Waals surface area contributed by atoms with E-state index in [1.165, 1.54) is 37.1 Å². The van der Waals surface area contributed by atoms with Gasteiger partial charge in [0, 0.05) is 6.61 Å². The van der Waals surface area contributed by atoms with E-state index in [2.05, 4.69) is 5.32 Å². The Labute approximate surface area is 216 Å². The van der Waals surface area contributed by atoms with E-state index in [1.807, 2.05) is 0 Å². The van der Waals surface area contributed by atoms with Crippen molar-refractivity contribution >= 4 is 63.5 Å². The molecule has 0 unspecified atom stereocenters. The molecular formula is C24H22ClFN2O5S2. The summed E-state index contributed by atoms with van der Waals surface area (Å²) >= 11 is 13.0. The molecule has 0 radical (unpaired) electrons. The molecule has 184 valence electrons. The highest BCUT2D eigenvalue weighted by Gasteiger charge is 2.34. The average Bonchev–Trinajstić information content (AvgIpc) is 3.43. The fourth-order valence-electron chi connectivity index (χ4n) is 3.65. The van der Waals surface area contributed by atoms with Crippen molar-refractivity contribution in [3.8, 4) is 11.5 Å². The fourth-order valence-corrected chi connectivity index (χ4v) is 5.20. The molecule has 2 aromatic carbocycles. The lowest BCUT2D eigenvalue weighted by molar-refractivity contribution is -0.123. The lowest BCUT2D eigenvalue weighted by atomic mass is 10.1. The minimum atomic E-state index is -0.563. The third kappa shape index (κ3) is 6.13. The second-order valence-electron chi connectivity index (χ2n) is 7.78. The number of amides is 2. The first-order valence-electron chi connectivity index (χ1n) is 10.8. The van der Waals surface area contributed by atoms with Crippen LogP contribution in [0.25, 0.3) is 6.08 Å². The maximum absolute atomic E-state index is 13.7. The molecule has 2 heterocycles. The molecule has 0 spiro atoms. The van der Waals surface area contributed by atoms with Crippen molar-refractivity contribution in [3.05, 3.63) is 57.7 Å². The number of hydrogen-bond acceptors (Lipinski definition) is 7. The molecule has 11 heteroatoms. The summed E-state index contributed by atoms with van der Waals surface area (Å²) < 4.78 is 30.8. The summed E-state index contributed by atoms with van der Waals surface area (Å²) in [7, 11) is 1.43.